The van der Waals surface area contributed by atoms with Gasteiger partial charge in [0, 0.05) is 12.8 Å². The van der Waals surface area contributed by atoms with Crippen molar-refractivity contribution in [2.24, 2.45) is 0 Å². The van der Waals surface area contributed by atoms with E-state index in [2.05, 4.69) is 10.2 Å². The van der Waals surface area contributed by atoms with E-state index in [1.54, 1.807) is 0 Å². The van der Waals surface area contributed by atoms with Crippen molar-refractivity contribution in [3.8, 4) is 0 Å². The minimum absolute atomic E-state index is 0.0845. The second kappa shape index (κ2) is 5.23. The highest BCUT2D eigenvalue weighted by Gasteiger charge is 2.19. The molecule has 16 heavy (non-hydrogen) atoms. The Balaban J connectivity index is 1.94. The largest absolute Gasteiger partial charge is 0.457 e. The van der Waals surface area contributed by atoms with Crippen LogP contribution in [0.3, 0.4) is 0 Å². The molecule has 1 aliphatic heterocycles. The fourth-order valence-electron chi connectivity index (χ4n) is 1.43. The summed E-state index contributed by atoms with van der Waals surface area (Å²) < 4.78 is 10.4. The second-order valence-electron chi connectivity index (χ2n) is 3.46. The molecule has 1 fully saturated rings. The van der Waals surface area contributed by atoms with Gasteiger partial charge in [0.05, 0.1) is 13.2 Å². The number of esters is 1. The number of carbonyl (C=O) groups is 1. The Morgan fingerprint density at radius 2 is 2.12 bits per heavy atom. The zero-order valence-electron chi connectivity index (χ0n) is 8.56. The summed E-state index contributed by atoms with van der Waals surface area (Å²) in [5.41, 5.74) is 0.177. The summed E-state index contributed by atoms with van der Waals surface area (Å²) in [5.74, 6) is -0.462. The van der Waals surface area contributed by atoms with Crippen LogP contribution < -0.4 is 0 Å². The molecule has 0 unspecified atom stereocenters. The van der Waals surface area contributed by atoms with Gasteiger partial charge in [-0.1, -0.05) is 11.6 Å². The Hall–Kier alpha value is -1.20. The van der Waals surface area contributed by atoms with Crippen LogP contribution in [0.1, 0.15) is 23.3 Å². The summed E-state index contributed by atoms with van der Waals surface area (Å²) in [6, 6.07) is 3.01. The number of carbonyl (C=O) groups excluding carboxylic acids is 1. The molecule has 86 valence electrons. The minimum atomic E-state index is -0.462. The van der Waals surface area contributed by atoms with Crippen molar-refractivity contribution in [3.05, 3.63) is 23.0 Å². The topological polar surface area (TPSA) is 61.3 Å². The smallest absolute Gasteiger partial charge is 0.359 e. The average molecular weight is 243 g/mol. The van der Waals surface area contributed by atoms with Crippen LogP contribution in [0, 0.1) is 0 Å². The zero-order valence-corrected chi connectivity index (χ0v) is 9.31. The molecule has 5 nitrogen and oxygen atoms in total. The van der Waals surface area contributed by atoms with Crippen LogP contribution in [-0.2, 0) is 9.47 Å². The quantitative estimate of drug-likeness (QED) is 0.735. The van der Waals surface area contributed by atoms with Gasteiger partial charge in [0.2, 0.25) is 0 Å². The fraction of sp³-hybridized carbons (Fsp3) is 0.500. The summed E-state index contributed by atoms with van der Waals surface area (Å²) in [4.78, 5) is 11.6. The molecule has 0 aliphatic carbocycles. The number of ether oxygens (including phenoxy) is 2. The Labute approximate surface area is 97.7 Å². The van der Waals surface area contributed by atoms with Crippen molar-refractivity contribution in [3.63, 3.8) is 0 Å². The molecule has 1 aliphatic rings. The van der Waals surface area contributed by atoms with Gasteiger partial charge in [0.15, 0.2) is 10.8 Å². The molecule has 0 radical (unpaired) electrons. The van der Waals surface area contributed by atoms with Crippen LogP contribution >= 0.6 is 11.6 Å². The predicted octanol–water partition coefficient (Wildman–Crippen LogP) is 1.47. The molecule has 2 rings (SSSR count). The van der Waals surface area contributed by atoms with E-state index in [0.29, 0.717) is 13.2 Å². The number of rotatable bonds is 2. The van der Waals surface area contributed by atoms with E-state index in [1.807, 2.05) is 0 Å². The lowest BCUT2D eigenvalue weighted by Gasteiger charge is -2.21. The average Bonchev–Trinajstić information content (AvgIpc) is 2.31. The molecule has 0 bridgehead atoms. The lowest BCUT2D eigenvalue weighted by atomic mass is 10.1. The lowest BCUT2D eigenvalue weighted by molar-refractivity contribution is -0.0164. The Kier molecular flexibility index (Phi) is 3.69. The first-order chi connectivity index (χ1) is 7.75. The van der Waals surface area contributed by atoms with Gasteiger partial charge in [-0.3, -0.25) is 0 Å². The molecule has 1 aromatic rings. The third-order valence-electron chi connectivity index (χ3n) is 2.28. The maximum absolute atomic E-state index is 11.6. The van der Waals surface area contributed by atoms with E-state index in [0.717, 1.165) is 12.8 Å². The molecule has 1 aromatic heterocycles. The van der Waals surface area contributed by atoms with Gasteiger partial charge < -0.3 is 9.47 Å². The normalized spacial score (nSPS) is 17.1. The van der Waals surface area contributed by atoms with Crippen LogP contribution in [0.15, 0.2) is 12.1 Å². The zero-order chi connectivity index (χ0) is 11.4. The van der Waals surface area contributed by atoms with E-state index < -0.39 is 5.97 Å². The number of hydrogen-bond acceptors (Lipinski definition) is 5. The van der Waals surface area contributed by atoms with Gasteiger partial charge in [-0.25, -0.2) is 4.79 Å². The number of hydrogen-bond donors (Lipinski definition) is 0. The minimum Gasteiger partial charge on any atom is -0.457 e. The third-order valence-corrected chi connectivity index (χ3v) is 2.48. The number of nitrogens with zero attached hydrogens (tertiary/aromatic N) is 2. The van der Waals surface area contributed by atoms with E-state index in [9.17, 15) is 4.79 Å². The van der Waals surface area contributed by atoms with Crippen molar-refractivity contribution in [2.75, 3.05) is 13.2 Å². The predicted molar refractivity (Wildman–Crippen MR) is 56.3 cm³/mol. The molecule has 0 N–H and O–H groups in total. The Morgan fingerprint density at radius 3 is 2.75 bits per heavy atom. The summed E-state index contributed by atoms with van der Waals surface area (Å²) >= 11 is 5.57. The standard InChI is InChI=1S/C10H11ClN2O3/c11-9-2-1-8(12-13-9)10(14)16-7-3-5-15-6-4-7/h1-2,7H,3-6H2. The van der Waals surface area contributed by atoms with Crippen molar-refractivity contribution in [2.45, 2.75) is 18.9 Å². The molecular weight excluding hydrogens is 232 g/mol. The van der Waals surface area contributed by atoms with Gasteiger partial charge in [-0.2, -0.15) is 0 Å². The van der Waals surface area contributed by atoms with Crippen LogP contribution in [0.5, 0.6) is 0 Å². The van der Waals surface area contributed by atoms with Crippen molar-refractivity contribution >= 4 is 17.6 Å². The van der Waals surface area contributed by atoms with Crippen LogP contribution in [0.2, 0.25) is 5.15 Å². The fourth-order valence-corrected chi connectivity index (χ4v) is 1.53. The molecule has 0 saturated carbocycles. The highest BCUT2D eigenvalue weighted by atomic mass is 35.5. The SMILES string of the molecule is O=C(OC1CCOCC1)c1ccc(Cl)nn1. The van der Waals surface area contributed by atoms with Crippen molar-refractivity contribution < 1.29 is 14.3 Å². The van der Waals surface area contributed by atoms with Crippen LogP contribution in [0.4, 0.5) is 0 Å². The number of aromatic nitrogens is 2. The van der Waals surface area contributed by atoms with E-state index in [4.69, 9.17) is 21.1 Å². The molecule has 0 spiro atoms. The maximum atomic E-state index is 11.6. The Bertz CT molecular complexity index is 363. The van der Waals surface area contributed by atoms with E-state index in [1.165, 1.54) is 12.1 Å². The molecule has 2 heterocycles. The summed E-state index contributed by atoms with van der Waals surface area (Å²) in [6.07, 6.45) is 1.37. The number of halogens is 1. The molecule has 0 aromatic carbocycles. The van der Waals surface area contributed by atoms with Crippen LogP contribution in [0.25, 0.3) is 0 Å². The molecule has 0 amide bonds. The van der Waals surface area contributed by atoms with Crippen molar-refractivity contribution in [1.82, 2.24) is 10.2 Å². The first kappa shape index (κ1) is 11.3. The monoisotopic (exact) mass is 242 g/mol. The first-order valence-corrected chi connectivity index (χ1v) is 5.41. The summed E-state index contributed by atoms with van der Waals surface area (Å²) in [5, 5.41) is 7.49. The molecule has 6 heteroatoms. The molecular formula is C10H11ClN2O3. The maximum Gasteiger partial charge on any atom is 0.359 e. The summed E-state index contributed by atoms with van der Waals surface area (Å²) in [7, 11) is 0. The van der Waals surface area contributed by atoms with Gasteiger partial charge in [-0.15, -0.1) is 10.2 Å². The van der Waals surface area contributed by atoms with Gasteiger partial charge >= 0.3 is 5.97 Å². The highest BCUT2D eigenvalue weighted by molar-refractivity contribution is 6.29. The molecule has 1 saturated heterocycles. The highest BCUT2D eigenvalue weighted by Crippen LogP contribution is 2.13. The lowest BCUT2D eigenvalue weighted by Crippen LogP contribution is -2.26. The first-order valence-electron chi connectivity index (χ1n) is 5.03. The van der Waals surface area contributed by atoms with Gasteiger partial charge in [0.1, 0.15) is 6.10 Å². The third kappa shape index (κ3) is 2.90. The van der Waals surface area contributed by atoms with E-state index in [-0.39, 0.29) is 17.0 Å². The van der Waals surface area contributed by atoms with Crippen LogP contribution in [-0.4, -0.2) is 35.5 Å². The van der Waals surface area contributed by atoms with E-state index >= 15 is 0 Å². The summed E-state index contributed by atoms with van der Waals surface area (Å²) in [6.45, 7) is 1.26. The van der Waals surface area contributed by atoms with Gasteiger partial charge in [0.25, 0.3) is 0 Å². The molecule has 0 atom stereocenters. The van der Waals surface area contributed by atoms with Crippen molar-refractivity contribution in [1.29, 1.82) is 0 Å². The van der Waals surface area contributed by atoms with Gasteiger partial charge in [-0.05, 0) is 12.1 Å². The Morgan fingerprint density at radius 1 is 1.38 bits per heavy atom. The second-order valence-corrected chi connectivity index (χ2v) is 3.85.